The van der Waals surface area contributed by atoms with Gasteiger partial charge < -0.3 is 29.9 Å². The molecular formula is C20H21N5O4. The lowest BCUT2D eigenvalue weighted by molar-refractivity contribution is 0.0616. The van der Waals surface area contributed by atoms with E-state index < -0.39 is 6.09 Å². The summed E-state index contributed by atoms with van der Waals surface area (Å²) in [6.07, 6.45) is 0.571. The van der Waals surface area contributed by atoms with Crippen molar-refractivity contribution in [2.45, 2.75) is 0 Å². The highest BCUT2D eigenvalue weighted by atomic mass is 16.5. The molecule has 0 spiro atoms. The number of aromatic nitrogens is 2. The number of ether oxygens (including phenoxy) is 1. The van der Waals surface area contributed by atoms with Gasteiger partial charge in [0.1, 0.15) is 11.4 Å². The predicted octanol–water partition coefficient (Wildman–Crippen LogP) is 2.38. The molecule has 1 aliphatic rings. The van der Waals surface area contributed by atoms with Gasteiger partial charge in [0.05, 0.1) is 11.9 Å². The van der Waals surface area contributed by atoms with E-state index in [-0.39, 0.29) is 5.91 Å². The van der Waals surface area contributed by atoms with Crippen LogP contribution in [0, 0.1) is 0 Å². The summed E-state index contributed by atoms with van der Waals surface area (Å²) < 4.78 is 7.61. The number of carboxylic acid groups (broad SMARTS) is 1. The van der Waals surface area contributed by atoms with Crippen LogP contribution in [0.2, 0.25) is 0 Å². The third kappa shape index (κ3) is 3.66. The normalized spacial score (nSPS) is 14.2. The summed E-state index contributed by atoms with van der Waals surface area (Å²) in [6.45, 7) is 1.39. The fraction of sp³-hybridized carbons (Fsp3) is 0.250. The number of hydrogen-bond donors (Lipinski definition) is 2. The Morgan fingerprint density at radius 3 is 2.45 bits per heavy atom. The highest BCUT2D eigenvalue weighted by molar-refractivity contribution is 5.99. The van der Waals surface area contributed by atoms with Gasteiger partial charge in [-0.25, -0.2) is 9.78 Å². The van der Waals surface area contributed by atoms with E-state index in [1.54, 1.807) is 17.0 Å². The average molecular weight is 395 g/mol. The standard InChI is InChI=1S/C20H21N5O4/c1-23-16-4-3-15(29-18-5-2-14(21)12-22-18)10-13(16)11-17(23)19(26)24-6-8-25(9-7-24)20(27)28/h2-5,10-12H,6-9,21H2,1H3,(H,27,28). The summed E-state index contributed by atoms with van der Waals surface area (Å²) in [4.78, 5) is 31.1. The van der Waals surface area contributed by atoms with Gasteiger partial charge in [-0.05, 0) is 30.3 Å². The van der Waals surface area contributed by atoms with E-state index in [0.717, 1.165) is 10.9 Å². The van der Waals surface area contributed by atoms with Crippen LogP contribution >= 0.6 is 0 Å². The molecule has 0 bridgehead atoms. The first-order valence-corrected chi connectivity index (χ1v) is 9.18. The number of rotatable bonds is 3. The van der Waals surface area contributed by atoms with Gasteiger partial charge in [0.15, 0.2) is 0 Å². The number of carbonyl (C=O) groups excluding carboxylic acids is 1. The molecule has 3 heterocycles. The highest BCUT2D eigenvalue weighted by Crippen LogP contribution is 2.27. The number of benzene rings is 1. The molecule has 1 aromatic carbocycles. The van der Waals surface area contributed by atoms with Gasteiger partial charge in [-0.1, -0.05) is 0 Å². The Balaban J connectivity index is 1.54. The summed E-state index contributed by atoms with van der Waals surface area (Å²) in [7, 11) is 1.84. The quantitative estimate of drug-likeness (QED) is 0.704. The van der Waals surface area contributed by atoms with Crippen molar-refractivity contribution < 1.29 is 19.4 Å². The van der Waals surface area contributed by atoms with Crippen LogP contribution in [-0.4, -0.2) is 62.6 Å². The smallest absolute Gasteiger partial charge is 0.407 e. The lowest BCUT2D eigenvalue weighted by Crippen LogP contribution is -2.50. The number of hydrogen-bond acceptors (Lipinski definition) is 5. The lowest BCUT2D eigenvalue weighted by atomic mass is 10.2. The van der Waals surface area contributed by atoms with Gasteiger partial charge in [0.2, 0.25) is 5.88 Å². The number of nitrogens with zero attached hydrogens (tertiary/aromatic N) is 4. The maximum absolute atomic E-state index is 13.0. The summed E-state index contributed by atoms with van der Waals surface area (Å²) in [5, 5.41) is 9.93. The second-order valence-corrected chi connectivity index (χ2v) is 6.90. The van der Waals surface area contributed by atoms with Crippen molar-refractivity contribution in [1.29, 1.82) is 0 Å². The van der Waals surface area contributed by atoms with Crippen LogP contribution in [0.25, 0.3) is 10.9 Å². The summed E-state index contributed by atoms with van der Waals surface area (Å²) in [5.74, 6) is 0.924. The number of pyridine rings is 1. The number of carbonyl (C=O) groups is 2. The fourth-order valence-corrected chi connectivity index (χ4v) is 3.43. The predicted molar refractivity (Wildman–Crippen MR) is 107 cm³/mol. The van der Waals surface area contributed by atoms with Crippen molar-refractivity contribution in [3.05, 3.63) is 48.3 Å². The molecular weight excluding hydrogens is 374 g/mol. The molecule has 1 aliphatic heterocycles. The van der Waals surface area contributed by atoms with Gasteiger partial charge in [0, 0.05) is 50.2 Å². The zero-order valence-corrected chi connectivity index (χ0v) is 15.9. The van der Waals surface area contributed by atoms with Crippen molar-refractivity contribution in [2.24, 2.45) is 7.05 Å². The Morgan fingerprint density at radius 1 is 1.07 bits per heavy atom. The van der Waals surface area contributed by atoms with E-state index in [2.05, 4.69) is 4.98 Å². The number of fused-ring (bicyclic) bond motifs is 1. The number of aryl methyl sites for hydroxylation is 1. The van der Waals surface area contributed by atoms with Gasteiger partial charge in [-0.3, -0.25) is 4.79 Å². The van der Waals surface area contributed by atoms with Crippen molar-refractivity contribution in [1.82, 2.24) is 19.4 Å². The van der Waals surface area contributed by atoms with Crippen LogP contribution in [-0.2, 0) is 7.05 Å². The van der Waals surface area contributed by atoms with Gasteiger partial charge >= 0.3 is 6.09 Å². The minimum Gasteiger partial charge on any atom is -0.465 e. The molecule has 1 saturated heterocycles. The van der Waals surface area contributed by atoms with Crippen LogP contribution in [0.3, 0.4) is 0 Å². The molecule has 9 nitrogen and oxygen atoms in total. The minimum atomic E-state index is -0.954. The first kappa shape index (κ1) is 18.6. The van der Waals surface area contributed by atoms with Crippen molar-refractivity contribution >= 4 is 28.6 Å². The molecule has 3 aromatic rings. The molecule has 0 unspecified atom stereocenters. The molecule has 4 rings (SSSR count). The Labute approximate surface area is 166 Å². The highest BCUT2D eigenvalue weighted by Gasteiger charge is 2.26. The van der Waals surface area contributed by atoms with E-state index in [1.165, 1.54) is 11.1 Å². The number of piperazine rings is 1. The molecule has 2 aromatic heterocycles. The molecule has 0 saturated carbocycles. The molecule has 0 atom stereocenters. The fourth-order valence-electron chi connectivity index (χ4n) is 3.43. The Morgan fingerprint density at radius 2 is 1.79 bits per heavy atom. The number of nitrogen functional groups attached to an aromatic ring is 1. The van der Waals surface area contributed by atoms with Gasteiger partial charge in [-0.2, -0.15) is 0 Å². The molecule has 0 radical (unpaired) electrons. The van der Waals surface area contributed by atoms with Crippen LogP contribution in [0.1, 0.15) is 10.5 Å². The van der Waals surface area contributed by atoms with E-state index in [1.807, 2.05) is 35.9 Å². The molecule has 29 heavy (non-hydrogen) atoms. The first-order valence-electron chi connectivity index (χ1n) is 9.18. The Bertz CT molecular complexity index is 1070. The summed E-state index contributed by atoms with van der Waals surface area (Å²) >= 11 is 0. The maximum atomic E-state index is 13.0. The Kier molecular flexibility index (Phi) is 4.71. The van der Waals surface area contributed by atoms with Crippen LogP contribution in [0.15, 0.2) is 42.6 Å². The summed E-state index contributed by atoms with van der Waals surface area (Å²) in [5.41, 5.74) is 7.64. The second-order valence-electron chi connectivity index (χ2n) is 6.90. The van der Waals surface area contributed by atoms with Gasteiger partial charge in [-0.15, -0.1) is 0 Å². The van der Waals surface area contributed by atoms with Crippen LogP contribution in [0.5, 0.6) is 11.6 Å². The van der Waals surface area contributed by atoms with Crippen LogP contribution in [0.4, 0.5) is 10.5 Å². The Hall–Kier alpha value is -3.75. The SMILES string of the molecule is Cn1c(C(=O)N2CCN(C(=O)O)CC2)cc2cc(Oc3ccc(N)cn3)ccc21. The average Bonchev–Trinajstić information content (AvgIpc) is 3.05. The topological polar surface area (TPSA) is 114 Å². The molecule has 1 fully saturated rings. The molecule has 2 amide bonds. The minimum absolute atomic E-state index is 0.114. The number of amides is 2. The lowest BCUT2D eigenvalue weighted by Gasteiger charge is -2.33. The van der Waals surface area contributed by atoms with E-state index in [9.17, 15) is 9.59 Å². The zero-order valence-electron chi connectivity index (χ0n) is 15.9. The monoisotopic (exact) mass is 395 g/mol. The van der Waals surface area contributed by atoms with Crippen LogP contribution < -0.4 is 10.5 Å². The van der Waals surface area contributed by atoms with Crippen molar-refractivity contribution in [2.75, 3.05) is 31.9 Å². The number of nitrogens with two attached hydrogens (primary N) is 1. The number of anilines is 1. The van der Waals surface area contributed by atoms with E-state index >= 15 is 0 Å². The van der Waals surface area contributed by atoms with Gasteiger partial charge in [0.25, 0.3) is 5.91 Å². The zero-order chi connectivity index (χ0) is 20.5. The molecule has 150 valence electrons. The first-order chi connectivity index (χ1) is 13.9. The van der Waals surface area contributed by atoms with E-state index in [0.29, 0.717) is 49.2 Å². The molecule has 9 heteroatoms. The second kappa shape index (κ2) is 7.34. The third-order valence-electron chi connectivity index (χ3n) is 5.05. The van der Waals surface area contributed by atoms with Crippen molar-refractivity contribution in [3.63, 3.8) is 0 Å². The largest absolute Gasteiger partial charge is 0.465 e. The maximum Gasteiger partial charge on any atom is 0.407 e. The molecule has 0 aliphatic carbocycles. The summed E-state index contributed by atoms with van der Waals surface area (Å²) in [6, 6.07) is 10.8. The molecule has 3 N–H and O–H groups in total. The third-order valence-corrected chi connectivity index (χ3v) is 5.05. The van der Waals surface area contributed by atoms with Crippen molar-refractivity contribution in [3.8, 4) is 11.6 Å². The van der Waals surface area contributed by atoms with E-state index in [4.69, 9.17) is 15.6 Å².